The van der Waals surface area contributed by atoms with Gasteiger partial charge in [-0.3, -0.25) is 9.78 Å². The number of amides is 1. The quantitative estimate of drug-likeness (QED) is 0.600. The van der Waals surface area contributed by atoms with Crippen LogP contribution in [0.5, 0.6) is 5.88 Å². The highest BCUT2D eigenvalue weighted by molar-refractivity contribution is 6.30. The largest absolute Gasteiger partial charge is 0.465 e. The SMILES string of the molecule is CC(Oc1ncc(NC(=O)c2cccnc2)cc1-c1ccc(Cl)cc1)C(F)(F)F. The van der Waals surface area contributed by atoms with E-state index in [2.05, 4.69) is 15.3 Å². The van der Waals surface area contributed by atoms with Gasteiger partial charge in [0.1, 0.15) is 0 Å². The molecule has 1 aromatic carbocycles. The molecule has 3 aromatic rings. The predicted molar refractivity (Wildman–Crippen MR) is 103 cm³/mol. The van der Waals surface area contributed by atoms with E-state index < -0.39 is 18.2 Å². The van der Waals surface area contributed by atoms with E-state index in [9.17, 15) is 18.0 Å². The molecule has 5 nitrogen and oxygen atoms in total. The molecule has 0 bridgehead atoms. The van der Waals surface area contributed by atoms with Gasteiger partial charge in [0, 0.05) is 23.0 Å². The summed E-state index contributed by atoms with van der Waals surface area (Å²) < 4.78 is 43.8. The van der Waals surface area contributed by atoms with Crippen molar-refractivity contribution in [2.24, 2.45) is 0 Å². The number of anilines is 1. The average Bonchev–Trinajstić information content (AvgIpc) is 2.69. The molecule has 2 aromatic heterocycles. The molecule has 9 heteroatoms. The second-order valence-corrected chi connectivity index (χ2v) is 6.52. The van der Waals surface area contributed by atoms with E-state index in [0.29, 0.717) is 16.1 Å². The average molecular weight is 422 g/mol. The molecule has 3 rings (SSSR count). The number of halogens is 4. The molecule has 0 fully saturated rings. The molecule has 1 N–H and O–H groups in total. The van der Waals surface area contributed by atoms with Crippen molar-refractivity contribution >= 4 is 23.2 Å². The lowest BCUT2D eigenvalue weighted by Crippen LogP contribution is -2.31. The number of alkyl halides is 3. The third-order valence-electron chi connectivity index (χ3n) is 3.94. The van der Waals surface area contributed by atoms with Crippen LogP contribution in [0.2, 0.25) is 5.02 Å². The van der Waals surface area contributed by atoms with E-state index in [0.717, 1.165) is 6.92 Å². The Balaban J connectivity index is 1.95. The topological polar surface area (TPSA) is 64.1 Å². The smallest absolute Gasteiger partial charge is 0.425 e. The Hall–Kier alpha value is -3.13. The molecule has 1 atom stereocenters. The number of nitrogens with zero attached hydrogens (tertiary/aromatic N) is 2. The first kappa shape index (κ1) is 20.6. The lowest BCUT2D eigenvalue weighted by Gasteiger charge is -2.19. The van der Waals surface area contributed by atoms with Gasteiger partial charge >= 0.3 is 6.18 Å². The van der Waals surface area contributed by atoms with Crippen LogP contribution in [0.3, 0.4) is 0 Å². The molecule has 1 unspecified atom stereocenters. The zero-order valence-corrected chi connectivity index (χ0v) is 15.8. The van der Waals surface area contributed by atoms with Crippen LogP contribution in [0, 0.1) is 0 Å². The van der Waals surface area contributed by atoms with Gasteiger partial charge in [-0.2, -0.15) is 13.2 Å². The van der Waals surface area contributed by atoms with E-state index >= 15 is 0 Å². The maximum Gasteiger partial charge on any atom is 0.425 e. The summed E-state index contributed by atoms with van der Waals surface area (Å²) in [6.07, 6.45) is -2.45. The van der Waals surface area contributed by atoms with Crippen molar-refractivity contribution in [1.29, 1.82) is 0 Å². The van der Waals surface area contributed by atoms with Crippen LogP contribution in [0.4, 0.5) is 18.9 Å². The molecular weight excluding hydrogens is 407 g/mol. The number of pyridine rings is 2. The van der Waals surface area contributed by atoms with E-state index in [1.807, 2.05) is 0 Å². The highest BCUT2D eigenvalue weighted by Crippen LogP contribution is 2.34. The summed E-state index contributed by atoms with van der Waals surface area (Å²) in [6, 6.07) is 11.1. The van der Waals surface area contributed by atoms with E-state index in [-0.39, 0.29) is 17.1 Å². The second-order valence-electron chi connectivity index (χ2n) is 6.08. The molecule has 0 spiro atoms. The van der Waals surface area contributed by atoms with Gasteiger partial charge in [0.2, 0.25) is 5.88 Å². The third kappa shape index (κ3) is 5.23. The fourth-order valence-corrected chi connectivity index (χ4v) is 2.51. The van der Waals surface area contributed by atoms with Gasteiger partial charge in [-0.1, -0.05) is 23.7 Å². The van der Waals surface area contributed by atoms with Gasteiger partial charge in [-0.05, 0) is 42.8 Å². The number of carbonyl (C=O) groups is 1. The Labute approximate surface area is 169 Å². The maximum atomic E-state index is 12.9. The van der Waals surface area contributed by atoms with Gasteiger partial charge in [0.05, 0.1) is 17.4 Å². The summed E-state index contributed by atoms with van der Waals surface area (Å²) in [5.74, 6) is -0.643. The summed E-state index contributed by atoms with van der Waals surface area (Å²) in [5.41, 5.74) is 1.42. The first-order chi connectivity index (χ1) is 13.7. The van der Waals surface area contributed by atoms with Crippen molar-refractivity contribution in [3.63, 3.8) is 0 Å². The number of carbonyl (C=O) groups excluding carboxylic acids is 1. The number of aromatic nitrogens is 2. The molecule has 0 radical (unpaired) electrons. The second kappa shape index (κ2) is 8.48. The molecule has 1 amide bonds. The lowest BCUT2D eigenvalue weighted by molar-refractivity contribution is -0.189. The summed E-state index contributed by atoms with van der Waals surface area (Å²) in [5, 5.41) is 3.11. The van der Waals surface area contributed by atoms with E-state index in [1.165, 1.54) is 24.7 Å². The highest BCUT2D eigenvalue weighted by Gasteiger charge is 2.38. The zero-order chi connectivity index (χ0) is 21.0. The first-order valence-electron chi connectivity index (χ1n) is 8.45. The minimum absolute atomic E-state index is 0.212. The minimum Gasteiger partial charge on any atom is -0.465 e. The molecule has 0 aliphatic heterocycles. The van der Waals surface area contributed by atoms with Crippen molar-refractivity contribution in [3.8, 4) is 17.0 Å². The fourth-order valence-electron chi connectivity index (χ4n) is 2.39. The Bertz CT molecular complexity index is 996. The number of nitrogens with one attached hydrogen (secondary N) is 1. The Kier molecular flexibility index (Phi) is 6.03. The van der Waals surface area contributed by atoms with Crippen LogP contribution in [0.1, 0.15) is 17.3 Å². The van der Waals surface area contributed by atoms with Crippen molar-refractivity contribution in [2.45, 2.75) is 19.2 Å². The number of rotatable bonds is 5. The maximum absolute atomic E-state index is 12.9. The van der Waals surface area contributed by atoms with Crippen molar-refractivity contribution in [3.05, 3.63) is 71.6 Å². The van der Waals surface area contributed by atoms with Crippen LogP contribution in [-0.2, 0) is 0 Å². The number of benzene rings is 1. The summed E-state index contributed by atoms with van der Waals surface area (Å²) in [6.45, 7) is 0.894. The van der Waals surface area contributed by atoms with Crippen molar-refractivity contribution < 1.29 is 22.7 Å². The van der Waals surface area contributed by atoms with Crippen LogP contribution in [0.15, 0.2) is 61.1 Å². The van der Waals surface area contributed by atoms with Crippen LogP contribution < -0.4 is 10.1 Å². The van der Waals surface area contributed by atoms with E-state index in [1.54, 1.807) is 36.4 Å². The van der Waals surface area contributed by atoms with Crippen LogP contribution in [0.25, 0.3) is 11.1 Å². The minimum atomic E-state index is -4.55. The Morgan fingerprint density at radius 1 is 1.17 bits per heavy atom. The van der Waals surface area contributed by atoms with Gasteiger partial charge in [-0.15, -0.1) is 0 Å². The Morgan fingerprint density at radius 2 is 1.90 bits per heavy atom. The lowest BCUT2D eigenvalue weighted by atomic mass is 10.1. The molecule has 29 heavy (non-hydrogen) atoms. The zero-order valence-electron chi connectivity index (χ0n) is 15.1. The van der Waals surface area contributed by atoms with Gasteiger partial charge in [0.15, 0.2) is 6.10 Å². The van der Waals surface area contributed by atoms with E-state index in [4.69, 9.17) is 16.3 Å². The summed E-state index contributed by atoms with van der Waals surface area (Å²) in [7, 11) is 0. The standard InChI is InChI=1S/C20H15ClF3N3O2/c1-12(20(22,23)24)29-19-17(13-4-6-15(21)7-5-13)9-16(11-26-19)27-18(28)14-3-2-8-25-10-14/h2-12H,1H3,(H,27,28). The first-order valence-corrected chi connectivity index (χ1v) is 8.82. The highest BCUT2D eigenvalue weighted by atomic mass is 35.5. The molecule has 0 saturated heterocycles. The van der Waals surface area contributed by atoms with Crippen molar-refractivity contribution in [2.75, 3.05) is 5.32 Å². The van der Waals surface area contributed by atoms with Crippen molar-refractivity contribution in [1.82, 2.24) is 9.97 Å². The molecule has 150 valence electrons. The van der Waals surface area contributed by atoms with Crippen LogP contribution >= 0.6 is 11.6 Å². The summed E-state index contributed by atoms with van der Waals surface area (Å²) >= 11 is 5.89. The van der Waals surface area contributed by atoms with Gasteiger partial charge in [0.25, 0.3) is 5.91 Å². The molecule has 0 saturated carbocycles. The molecule has 2 heterocycles. The monoisotopic (exact) mass is 421 g/mol. The number of ether oxygens (including phenoxy) is 1. The van der Waals surface area contributed by atoms with Gasteiger partial charge in [-0.25, -0.2) is 4.98 Å². The van der Waals surface area contributed by atoms with Gasteiger partial charge < -0.3 is 10.1 Å². The number of hydrogen-bond donors (Lipinski definition) is 1. The Morgan fingerprint density at radius 3 is 2.52 bits per heavy atom. The predicted octanol–water partition coefficient (Wildman–Crippen LogP) is 5.38. The van der Waals surface area contributed by atoms with Crippen LogP contribution in [-0.4, -0.2) is 28.2 Å². The molecular formula is C20H15ClF3N3O2. The third-order valence-corrected chi connectivity index (χ3v) is 4.19. The fraction of sp³-hybridized carbons (Fsp3) is 0.150. The molecule has 0 aliphatic rings. The summed E-state index contributed by atoms with van der Waals surface area (Å²) in [4.78, 5) is 20.2. The number of hydrogen-bond acceptors (Lipinski definition) is 4. The molecule has 0 aliphatic carbocycles. The normalized spacial score (nSPS) is 12.3.